The van der Waals surface area contributed by atoms with E-state index in [4.69, 9.17) is 0 Å². The van der Waals surface area contributed by atoms with Crippen molar-refractivity contribution in [3.63, 3.8) is 0 Å². The Bertz CT molecular complexity index is 2910. The van der Waals surface area contributed by atoms with Gasteiger partial charge in [0.15, 0.2) is 7.28 Å². The molecule has 7 aromatic rings. The molecule has 2 heterocycles. The molecule has 0 spiro atoms. The molecule has 2 aliphatic heterocycles. The second-order valence-electron chi connectivity index (χ2n) is 17.5. The molecule has 0 fully saturated rings. The Morgan fingerprint density at radius 3 is 2.24 bits per heavy atom. The lowest BCUT2D eigenvalue weighted by atomic mass is 9.55. The van der Waals surface area contributed by atoms with Crippen molar-refractivity contribution in [1.82, 2.24) is 0 Å². The smallest absolute Gasteiger partial charge is 0.198 e. The molecule has 11 rings (SSSR count). The quantitative estimate of drug-likeness (QED) is 0.176. The van der Waals surface area contributed by atoms with Crippen LogP contribution in [0.25, 0.3) is 44.5 Å². The van der Waals surface area contributed by atoms with Crippen molar-refractivity contribution < 1.29 is 0 Å². The fraction of sp³-hybridized carbons (Fsp3) is 0.164. The molecule has 0 amide bonds. The highest BCUT2D eigenvalue weighted by molar-refractivity contribution is 6.73. The topological polar surface area (TPSA) is 15.3 Å². The molecule has 1 N–H and O–H groups in total. The number of nitrogens with zero attached hydrogens (tertiary/aromatic N) is 1. The average molecular weight is 747 g/mol. The summed E-state index contributed by atoms with van der Waals surface area (Å²) in [4.78, 5) is 2.65. The van der Waals surface area contributed by atoms with E-state index in [1.807, 2.05) is 0 Å². The van der Waals surface area contributed by atoms with Gasteiger partial charge in [-0.3, -0.25) is 0 Å². The molecule has 7 aromatic carbocycles. The van der Waals surface area contributed by atoms with E-state index >= 15 is 0 Å². The van der Waals surface area contributed by atoms with Crippen LogP contribution in [0.5, 0.6) is 0 Å². The first-order chi connectivity index (χ1) is 28.2. The largest absolute Gasteiger partial charge is 0.355 e. The minimum Gasteiger partial charge on any atom is -0.355 e. The van der Waals surface area contributed by atoms with E-state index in [1.54, 1.807) is 0 Å². The number of rotatable bonds is 5. The van der Waals surface area contributed by atoms with E-state index in [9.17, 15) is 0 Å². The van der Waals surface area contributed by atoms with E-state index in [0.717, 1.165) is 32.2 Å². The van der Waals surface area contributed by atoms with Gasteiger partial charge in [-0.2, -0.15) is 0 Å². The van der Waals surface area contributed by atoms with Crippen LogP contribution in [0.2, 0.25) is 0 Å². The molecule has 0 unspecified atom stereocenters. The Morgan fingerprint density at radius 1 is 0.638 bits per heavy atom. The first kappa shape index (κ1) is 34.9. The van der Waals surface area contributed by atoms with Gasteiger partial charge >= 0.3 is 0 Å². The van der Waals surface area contributed by atoms with Crippen LogP contribution in [0.15, 0.2) is 157 Å². The summed E-state index contributed by atoms with van der Waals surface area (Å²) in [7, 11) is 0.865. The normalized spacial score (nSPS) is 15.2. The van der Waals surface area contributed by atoms with Gasteiger partial charge in [-0.05, 0) is 148 Å². The molecule has 0 saturated carbocycles. The fourth-order valence-electron chi connectivity index (χ4n) is 10.9. The Balaban J connectivity index is 1.19. The first-order valence-electron chi connectivity index (χ1n) is 21.0. The number of hydrogen-bond acceptors (Lipinski definition) is 2. The van der Waals surface area contributed by atoms with Gasteiger partial charge in [-0.1, -0.05) is 134 Å². The minimum absolute atomic E-state index is 0.0410. The van der Waals surface area contributed by atoms with Crippen LogP contribution in [-0.2, 0) is 11.8 Å². The maximum Gasteiger partial charge on any atom is 0.198 e. The summed E-state index contributed by atoms with van der Waals surface area (Å²) < 4.78 is 0. The number of hydrogen-bond donors (Lipinski definition) is 1. The Morgan fingerprint density at radius 2 is 1.40 bits per heavy atom. The molecule has 58 heavy (non-hydrogen) atoms. The third-order valence-corrected chi connectivity index (χ3v) is 13.5. The van der Waals surface area contributed by atoms with Crippen LogP contribution in [0.1, 0.15) is 60.1 Å². The summed E-state index contributed by atoms with van der Waals surface area (Å²) in [5.74, 6) is 0. The highest BCUT2D eigenvalue weighted by Crippen LogP contribution is 2.52. The summed E-state index contributed by atoms with van der Waals surface area (Å²) >= 11 is 0. The zero-order valence-corrected chi connectivity index (χ0v) is 34.1. The van der Waals surface area contributed by atoms with Crippen molar-refractivity contribution in [2.45, 2.75) is 59.3 Å². The number of anilines is 4. The predicted octanol–water partition coefficient (Wildman–Crippen LogP) is 12.7. The van der Waals surface area contributed by atoms with Crippen LogP contribution < -0.4 is 21.1 Å². The Labute approximate surface area is 343 Å². The van der Waals surface area contributed by atoms with Crippen molar-refractivity contribution in [3.8, 4) is 44.5 Å². The van der Waals surface area contributed by atoms with Gasteiger partial charge in [0.05, 0.1) is 0 Å². The van der Waals surface area contributed by atoms with Crippen molar-refractivity contribution in [2.75, 3.05) is 10.2 Å². The molecule has 0 radical (unpaired) electrons. The van der Waals surface area contributed by atoms with Crippen molar-refractivity contribution in [1.29, 1.82) is 0 Å². The molecular weight excluding hydrogens is 699 g/mol. The van der Waals surface area contributed by atoms with Gasteiger partial charge in [0.2, 0.25) is 0 Å². The molecule has 2 aliphatic carbocycles. The summed E-state index contributed by atoms with van der Waals surface area (Å²) in [6, 6.07) is 50.3. The van der Waals surface area contributed by atoms with E-state index in [-0.39, 0.29) is 5.41 Å². The van der Waals surface area contributed by atoms with Crippen LogP contribution in [0.3, 0.4) is 0 Å². The monoisotopic (exact) mass is 746 g/mol. The lowest BCUT2D eigenvalue weighted by molar-refractivity contribution is 0.571. The van der Waals surface area contributed by atoms with Crippen molar-refractivity contribution in [3.05, 3.63) is 190 Å². The lowest BCUT2D eigenvalue weighted by Gasteiger charge is -2.47. The number of nitrogens with one attached hydrogen (secondary N) is 1. The van der Waals surface area contributed by atoms with E-state index < -0.39 is 0 Å². The molecule has 0 atom stereocenters. The van der Waals surface area contributed by atoms with Gasteiger partial charge in [-0.25, -0.2) is 0 Å². The number of allylic oxidation sites excluding steroid dienone is 3. The zero-order valence-electron chi connectivity index (χ0n) is 34.1. The second-order valence-corrected chi connectivity index (χ2v) is 17.5. The zero-order chi connectivity index (χ0) is 39.3. The van der Waals surface area contributed by atoms with Gasteiger partial charge in [0.1, 0.15) is 0 Å². The van der Waals surface area contributed by atoms with Crippen LogP contribution in [-0.4, -0.2) is 7.28 Å². The molecule has 3 heteroatoms. The van der Waals surface area contributed by atoms with Crippen LogP contribution >= 0.6 is 0 Å². The van der Waals surface area contributed by atoms with Crippen molar-refractivity contribution in [2.24, 2.45) is 0 Å². The summed E-state index contributed by atoms with van der Waals surface area (Å²) in [5, 5.41) is 4.07. The molecule has 4 aliphatic rings. The highest BCUT2D eigenvalue weighted by Gasteiger charge is 2.42. The third-order valence-electron chi connectivity index (χ3n) is 13.5. The van der Waals surface area contributed by atoms with E-state index in [2.05, 4.69) is 190 Å². The molecule has 0 bridgehead atoms. The van der Waals surface area contributed by atoms with Crippen LogP contribution in [0, 0.1) is 20.8 Å². The molecule has 2 nitrogen and oxygen atoms in total. The molecule has 0 saturated heterocycles. The number of para-hydroxylation sites is 1. The van der Waals surface area contributed by atoms with E-state index in [1.165, 1.54) is 117 Å². The van der Waals surface area contributed by atoms with Gasteiger partial charge < -0.3 is 10.2 Å². The van der Waals surface area contributed by atoms with Crippen molar-refractivity contribution >= 4 is 41.0 Å². The summed E-state index contributed by atoms with van der Waals surface area (Å²) in [6.07, 6.45) is 7.90. The second kappa shape index (κ2) is 13.1. The number of aryl methyl sites for hydroxylation is 3. The molecule has 280 valence electrons. The standard InChI is InChI=1S/C55H47BN2/c1-33-27-34(2)52(35(3)28-33)39-31-44(53-51(32-39)58-50-24-12-11-20-45(50)55(4,5)46-21-14-22-47(56-53)54(46)58)43-29-37(36-15-7-6-8-16-36)25-26-49(43)57-48-23-13-19-41-40-18-10-9-17-38(40)30-42(41)48/h6-10,12-19,21-29,31-32,56-57H,11,20,30H2,1-5H3. The van der Waals surface area contributed by atoms with E-state index in [0.29, 0.717) is 0 Å². The SMILES string of the molecule is Cc1cc(C)c(-c2cc(-c3cc(-c4ccccc4)ccc3Nc3cccc4c3Cc3ccccc3-4)c3c(c2)N2C4=C(CCC=C4)C(C)(C)c4cccc(c42)B3)c(C)c1. The Kier molecular flexibility index (Phi) is 7.89. The average Bonchev–Trinajstić information content (AvgIpc) is 3.62. The van der Waals surface area contributed by atoms with Gasteiger partial charge in [0.25, 0.3) is 0 Å². The van der Waals surface area contributed by atoms with Gasteiger partial charge in [0, 0.05) is 45.8 Å². The maximum atomic E-state index is 4.07. The predicted molar refractivity (Wildman–Crippen MR) is 248 cm³/mol. The Hall–Kier alpha value is -6.32. The fourth-order valence-corrected chi connectivity index (χ4v) is 10.9. The molecular formula is C55H47BN2. The highest BCUT2D eigenvalue weighted by atomic mass is 15.2. The number of benzene rings is 7. The summed E-state index contributed by atoms with van der Waals surface area (Å²) in [5.41, 5.74) is 28.9. The third kappa shape index (κ3) is 5.33. The van der Waals surface area contributed by atoms with Gasteiger partial charge in [-0.15, -0.1) is 0 Å². The molecule has 0 aromatic heterocycles. The maximum absolute atomic E-state index is 4.07. The minimum atomic E-state index is -0.0410. The lowest BCUT2D eigenvalue weighted by Crippen LogP contribution is -2.47. The summed E-state index contributed by atoms with van der Waals surface area (Å²) in [6.45, 7) is 11.7. The first-order valence-corrected chi connectivity index (χ1v) is 21.0. The van der Waals surface area contributed by atoms with Crippen LogP contribution in [0.4, 0.5) is 22.7 Å². The number of fused-ring (bicyclic) bond motifs is 6.